The molecule has 1 aliphatic heterocycles. The van der Waals surface area contributed by atoms with Crippen LogP contribution in [-0.2, 0) is 14.3 Å². The van der Waals surface area contributed by atoms with Crippen LogP contribution in [0.25, 0.3) is 0 Å². The smallest absolute Gasteiger partial charge is 0.268 e. The number of hydrogen-bond donors (Lipinski definition) is 2. The van der Waals surface area contributed by atoms with Crippen LogP contribution < -0.4 is 10.2 Å². The van der Waals surface area contributed by atoms with Crippen LogP contribution >= 0.6 is 0 Å². The summed E-state index contributed by atoms with van der Waals surface area (Å²) in [6.45, 7) is 3.59. The fourth-order valence-corrected chi connectivity index (χ4v) is 2.40. The second-order valence-electron chi connectivity index (χ2n) is 5.27. The molecule has 0 aliphatic carbocycles. The highest BCUT2D eigenvalue weighted by molar-refractivity contribution is 6.16. The van der Waals surface area contributed by atoms with Gasteiger partial charge in [0.25, 0.3) is 11.8 Å². The lowest BCUT2D eigenvalue weighted by molar-refractivity contribution is -0.149. The van der Waals surface area contributed by atoms with Gasteiger partial charge < -0.3 is 20.1 Å². The minimum absolute atomic E-state index is 0.0857. The number of hydrogen-bond acceptors (Lipinski definition) is 4. The SMILES string of the molecule is CCCOCCNC(=O)C1(O)CCN(c2ccccc2)C1=O. The van der Waals surface area contributed by atoms with Crippen molar-refractivity contribution in [1.82, 2.24) is 5.32 Å². The third-order valence-corrected chi connectivity index (χ3v) is 3.62. The second kappa shape index (κ2) is 7.38. The van der Waals surface area contributed by atoms with Crippen molar-refractivity contribution in [2.75, 3.05) is 31.2 Å². The molecule has 2 N–H and O–H groups in total. The largest absolute Gasteiger partial charge is 0.380 e. The van der Waals surface area contributed by atoms with E-state index in [2.05, 4.69) is 5.32 Å². The van der Waals surface area contributed by atoms with Gasteiger partial charge in [-0.3, -0.25) is 9.59 Å². The molecule has 6 heteroatoms. The zero-order valence-corrected chi connectivity index (χ0v) is 12.7. The van der Waals surface area contributed by atoms with Gasteiger partial charge in [-0.25, -0.2) is 0 Å². The van der Waals surface area contributed by atoms with Crippen LogP contribution in [0.5, 0.6) is 0 Å². The number of anilines is 1. The van der Waals surface area contributed by atoms with E-state index >= 15 is 0 Å². The standard InChI is InChI=1S/C16H22N2O4/c1-2-11-22-12-9-17-14(19)16(21)8-10-18(15(16)20)13-6-4-3-5-7-13/h3-7,21H,2,8-12H2,1H3,(H,17,19). The summed E-state index contributed by atoms with van der Waals surface area (Å²) >= 11 is 0. The summed E-state index contributed by atoms with van der Waals surface area (Å²) in [5.74, 6) is -1.23. The van der Waals surface area contributed by atoms with E-state index in [0.717, 1.165) is 6.42 Å². The lowest BCUT2D eigenvalue weighted by Gasteiger charge is -2.21. The molecular weight excluding hydrogens is 284 g/mol. The highest BCUT2D eigenvalue weighted by atomic mass is 16.5. The van der Waals surface area contributed by atoms with E-state index in [4.69, 9.17) is 4.74 Å². The van der Waals surface area contributed by atoms with Gasteiger partial charge in [-0.05, 0) is 18.6 Å². The van der Waals surface area contributed by atoms with E-state index in [1.165, 1.54) is 4.90 Å². The zero-order valence-electron chi connectivity index (χ0n) is 12.7. The third kappa shape index (κ3) is 3.45. The first kappa shape index (κ1) is 16.5. The average molecular weight is 306 g/mol. The molecule has 1 aromatic rings. The molecule has 1 aliphatic rings. The Morgan fingerprint density at radius 3 is 2.77 bits per heavy atom. The quantitative estimate of drug-likeness (QED) is 0.574. The predicted octanol–water partition coefficient (Wildman–Crippen LogP) is 0.697. The van der Waals surface area contributed by atoms with Crippen LogP contribution in [0.15, 0.2) is 30.3 Å². The van der Waals surface area contributed by atoms with Crippen molar-refractivity contribution in [2.45, 2.75) is 25.4 Å². The maximum atomic E-state index is 12.4. The molecule has 0 bridgehead atoms. The number of nitrogens with zero attached hydrogens (tertiary/aromatic N) is 1. The van der Waals surface area contributed by atoms with E-state index in [0.29, 0.717) is 25.4 Å². The van der Waals surface area contributed by atoms with Gasteiger partial charge in [0, 0.05) is 31.8 Å². The first-order valence-electron chi connectivity index (χ1n) is 7.55. The molecule has 1 aromatic carbocycles. The van der Waals surface area contributed by atoms with Crippen molar-refractivity contribution in [2.24, 2.45) is 0 Å². The van der Waals surface area contributed by atoms with E-state index in [1.54, 1.807) is 12.1 Å². The minimum Gasteiger partial charge on any atom is -0.380 e. The topological polar surface area (TPSA) is 78.9 Å². The summed E-state index contributed by atoms with van der Waals surface area (Å²) in [7, 11) is 0. The van der Waals surface area contributed by atoms with Crippen LogP contribution in [0.1, 0.15) is 19.8 Å². The Kier molecular flexibility index (Phi) is 5.51. The van der Waals surface area contributed by atoms with Gasteiger partial charge in [0.1, 0.15) is 0 Å². The molecule has 1 fully saturated rings. The normalized spacial score (nSPS) is 21.2. The van der Waals surface area contributed by atoms with Crippen molar-refractivity contribution in [3.63, 3.8) is 0 Å². The number of carbonyl (C=O) groups excluding carboxylic acids is 2. The summed E-state index contributed by atoms with van der Waals surface area (Å²) in [6, 6.07) is 9.02. The summed E-state index contributed by atoms with van der Waals surface area (Å²) in [5, 5.41) is 13.0. The molecule has 0 saturated carbocycles. The van der Waals surface area contributed by atoms with Crippen molar-refractivity contribution in [3.8, 4) is 0 Å². The molecule has 0 spiro atoms. The van der Waals surface area contributed by atoms with Crippen molar-refractivity contribution in [1.29, 1.82) is 0 Å². The number of carbonyl (C=O) groups is 2. The monoisotopic (exact) mass is 306 g/mol. The van der Waals surface area contributed by atoms with Gasteiger partial charge in [-0.1, -0.05) is 25.1 Å². The maximum absolute atomic E-state index is 12.4. The molecule has 0 radical (unpaired) electrons. The fraction of sp³-hybridized carbons (Fsp3) is 0.500. The number of aliphatic hydroxyl groups is 1. The maximum Gasteiger partial charge on any atom is 0.268 e. The number of amides is 2. The van der Waals surface area contributed by atoms with Crippen LogP contribution in [0.3, 0.4) is 0 Å². The fourth-order valence-electron chi connectivity index (χ4n) is 2.40. The molecule has 2 amide bonds. The highest BCUT2D eigenvalue weighted by Crippen LogP contribution is 2.28. The third-order valence-electron chi connectivity index (χ3n) is 3.62. The number of benzene rings is 1. The van der Waals surface area contributed by atoms with Crippen molar-refractivity contribution < 1.29 is 19.4 Å². The van der Waals surface area contributed by atoms with Gasteiger partial charge in [0.2, 0.25) is 5.60 Å². The molecule has 2 rings (SSSR count). The average Bonchev–Trinajstić information content (AvgIpc) is 2.85. The molecule has 0 aromatic heterocycles. The van der Waals surface area contributed by atoms with Crippen LogP contribution in [0.4, 0.5) is 5.69 Å². The van der Waals surface area contributed by atoms with E-state index in [-0.39, 0.29) is 13.0 Å². The van der Waals surface area contributed by atoms with Crippen LogP contribution in [0, 0.1) is 0 Å². The van der Waals surface area contributed by atoms with E-state index in [9.17, 15) is 14.7 Å². The number of nitrogens with one attached hydrogen (secondary N) is 1. The molecule has 6 nitrogen and oxygen atoms in total. The first-order chi connectivity index (χ1) is 10.6. The molecule has 1 heterocycles. The van der Waals surface area contributed by atoms with Crippen molar-refractivity contribution in [3.05, 3.63) is 30.3 Å². The second-order valence-corrected chi connectivity index (χ2v) is 5.27. The van der Waals surface area contributed by atoms with Gasteiger partial charge >= 0.3 is 0 Å². The molecule has 1 unspecified atom stereocenters. The van der Waals surface area contributed by atoms with E-state index < -0.39 is 17.4 Å². The Bertz CT molecular complexity index is 520. The first-order valence-corrected chi connectivity index (χ1v) is 7.55. The summed E-state index contributed by atoms with van der Waals surface area (Å²) in [4.78, 5) is 25.9. The lowest BCUT2D eigenvalue weighted by atomic mass is 10.0. The summed E-state index contributed by atoms with van der Waals surface area (Å²) in [5.41, 5.74) is -1.30. The molecule has 22 heavy (non-hydrogen) atoms. The summed E-state index contributed by atoms with van der Waals surface area (Å²) in [6.07, 6.45) is 0.991. The number of ether oxygens (including phenoxy) is 1. The molecular formula is C16H22N2O4. The van der Waals surface area contributed by atoms with Crippen molar-refractivity contribution >= 4 is 17.5 Å². The Morgan fingerprint density at radius 1 is 1.36 bits per heavy atom. The number of rotatable bonds is 7. The van der Waals surface area contributed by atoms with Crippen LogP contribution in [-0.4, -0.2) is 48.8 Å². The lowest BCUT2D eigenvalue weighted by Crippen LogP contribution is -2.53. The predicted molar refractivity (Wildman–Crippen MR) is 82.5 cm³/mol. The van der Waals surface area contributed by atoms with E-state index in [1.807, 2.05) is 25.1 Å². The zero-order chi connectivity index (χ0) is 16.0. The summed E-state index contributed by atoms with van der Waals surface area (Å²) < 4.78 is 5.25. The van der Waals surface area contributed by atoms with Crippen LogP contribution in [0.2, 0.25) is 0 Å². The molecule has 1 atom stereocenters. The Balaban J connectivity index is 1.93. The highest BCUT2D eigenvalue weighted by Gasteiger charge is 2.51. The van der Waals surface area contributed by atoms with Gasteiger partial charge in [-0.15, -0.1) is 0 Å². The number of para-hydroxylation sites is 1. The van der Waals surface area contributed by atoms with Gasteiger partial charge in [-0.2, -0.15) is 0 Å². The molecule has 1 saturated heterocycles. The Morgan fingerprint density at radius 2 is 2.09 bits per heavy atom. The molecule has 120 valence electrons. The minimum atomic E-state index is -1.99. The Hall–Kier alpha value is -1.92. The van der Waals surface area contributed by atoms with Gasteiger partial charge in [0.05, 0.1) is 6.61 Å². The van der Waals surface area contributed by atoms with Gasteiger partial charge in [0.15, 0.2) is 0 Å². The Labute approximate surface area is 130 Å².